The van der Waals surface area contributed by atoms with Gasteiger partial charge in [-0.15, -0.1) is 0 Å². The van der Waals surface area contributed by atoms with E-state index in [4.69, 9.17) is 32.7 Å². The molecule has 2 aliphatic rings. The molecule has 116 valence electrons. The molecular weight excluding hydrogens is 341 g/mol. The lowest BCUT2D eigenvalue weighted by atomic mass is 10.1. The lowest BCUT2D eigenvalue weighted by molar-refractivity contribution is -0.114. The van der Waals surface area contributed by atoms with Crippen molar-refractivity contribution in [2.75, 3.05) is 11.7 Å². The Labute approximate surface area is 141 Å². The minimum Gasteiger partial charge on any atom is -0.454 e. The number of rotatable bonds is 2. The maximum Gasteiger partial charge on any atom is 0.299 e. The minimum atomic E-state index is -0.601. The minimum absolute atomic E-state index is 0.136. The fourth-order valence-corrected chi connectivity index (χ4v) is 3.07. The fourth-order valence-electron chi connectivity index (χ4n) is 2.68. The molecule has 0 aliphatic carbocycles. The van der Waals surface area contributed by atoms with Gasteiger partial charge in [0.15, 0.2) is 11.5 Å². The molecular formula is C16H9Cl2NO4. The van der Waals surface area contributed by atoms with Crippen LogP contribution in [0, 0.1) is 0 Å². The van der Waals surface area contributed by atoms with Crippen molar-refractivity contribution >= 4 is 40.6 Å². The van der Waals surface area contributed by atoms with E-state index in [1.165, 1.54) is 11.0 Å². The molecule has 2 aromatic carbocycles. The first-order valence-electron chi connectivity index (χ1n) is 6.78. The number of hydrogen-bond donors (Lipinski definition) is 0. The zero-order valence-electron chi connectivity index (χ0n) is 11.6. The second-order valence-electron chi connectivity index (χ2n) is 5.18. The maximum atomic E-state index is 12.3. The number of nitrogens with zero attached hydrogens (tertiary/aromatic N) is 1. The van der Waals surface area contributed by atoms with E-state index in [-0.39, 0.29) is 13.3 Å². The molecule has 7 heteroatoms. The quantitative estimate of drug-likeness (QED) is 0.779. The number of amides is 1. The van der Waals surface area contributed by atoms with Gasteiger partial charge in [-0.25, -0.2) is 0 Å². The van der Waals surface area contributed by atoms with Gasteiger partial charge in [0.2, 0.25) is 6.79 Å². The summed E-state index contributed by atoms with van der Waals surface area (Å²) in [4.78, 5) is 25.7. The van der Waals surface area contributed by atoms with Gasteiger partial charge in [0.1, 0.15) is 0 Å². The van der Waals surface area contributed by atoms with Gasteiger partial charge in [0.05, 0.1) is 17.8 Å². The van der Waals surface area contributed by atoms with E-state index in [2.05, 4.69) is 0 Å². The average molecular weight is 350 g/mol. The summed E-state index contributed by atoms with van der Waals surface area (Å²) in [5.74, 6) is -0.0381. The topological polar surface area (TPSA) is 55.8 Å². The largest absolute Gasteiger partial charge is 0.454 e. The molecule has 0 N–H and O–H groups in total. The molecule has 0 radical (unpaired) electrons. The first kappa shape index (κ1) is 14.4. The van der Waals surface area contributed by atoms with Gasteiger partial charge in [-0.3, -0.25) is 9.59 Å². The van der Waals surface area contributed by atoms with Crippen LogP contribution in [0.2, 0.25) is 10.0 Å². The normalized spacial score (nSPS) is 15.3. The number of hydrogen-bond acceptors (Lipinski definition) is 4. The SMILES string of the molecule is O=C1C(=O)N(Cc2cc3c(cc2Cl)OCO3)c2ccc(Cl)cc21. The summed E-state index contributed by atoms with van der Waals surface area (Å²) >= 11 is 12.1. The molecule has 0 bridgehead atoms. The van der Waals surface area contributed by atoms with E-state index >= 15 is 0 Å². The molecule has 0 spiro atoms. The van der Waals surface area contributed by atoms with Crippen LogP contribution in [0.4, 0.5) is 5.69 Å². The standard InChI is InChI=1S/C16H9Cl2NO4/c17-9-1-2-12-10(4-9)15(20)16(21)19(12)6-8-3-13-14(5-11(8)18)23-7-22-13/h1-5H,6-7H2. The average Bonchev–Trinajstić information content (AvgIpc) is 3.06. The Bertz CT molecular complexity index is 865. The highest BCUT2D eigenvalue weighted by molar-refractivity contribution is 6.52. The molecule has 0 saturated carbocycles. The van der Waals surface area contributed by atoms with Gasteiger partial charge in [0, 0.05) is 16.1 Å². The fraction of sp³-hybridized carbons (Fsp3) is 0.125. The van der Waals surface area contributed by atoms with Crippen molar-refractivity contribution in [3.05, 3.63) is 51.5 Å². The molecule has 0 unspecified atom stereocenters. The lowest BCUT2D eigenvalue weighted by Gasteiger charge is -2.17. The first-order chi connectivity index (χ1) is 11.0. The van der Waals surface area contributed by atoms with Crippen molar-refractivity contribution in [1.82, 2.24) is 0 Å². The molecule has 2 aromatic rings. The second-order valence-corrected chi connectivity index (χ2v) is 6.02. The second kappa shape index (κ2) is 5.15. The van der Waals surface area contributed by atoms with Crippen LogP contribution in [0.3, 0.4) is 0 Å². The highest BCUT2D eigenvalue weighted by Crippen LogP contribution is 2.39. The van der Waals surface area contributed by atoms with Crippen LogP contribution in [0.5, 0.6) is 11.5 Å². The van der Waals surface area contributed by atoms with E-state index in [1.807, 2.05) is 0 Å². The molecule has 23 heavy (non-hydrogen) atoms. The number of ketones is 1. The Balaban J connectivity index is 1.73. The number of halogens is 2. The van der Waals surface area contributed by atoms with Gasteiger partial charge in [-0.1, -0.05) is 23.2 Å². The van der Waals surface area contributed by atoms with Crippen LogP contribution >= 0.6 is 23.2 Å². The third-order valence-corrected chi connectivity index (χ3v) is 4.39. The van der Waals surface area contributed by atoms with Gasteiger partial charge in [-0.2, -0.15) is 0 Å². The van der Waals surface area contributed by atoms with Crippen molar-refractivity contribution in [3.63, 3.8) is 0 Å². The molecule has 2 heterocycles. The van der Waals surface area contributed by atoms with Gasteiger partial charge >= 0.3 is 0 Å². The van der Waals surface area contributed by atoms with Crippen LogP contribution in [0.25, 0.3) is 0 Å². The van der Waals surface area contributed by atoms with E-state index in [0.717, 1.165) is 0 Å². The summed E-state index contributed by atoms with van der Waals surface area (Å²) < 4.78 is 10.6. The lowest BCUT2D eigenvalue weighted by Crippen LogP contribution is -2.29. The summed E-state index contributed by atoms with van der Waals surface area (Å²) in [6.07, 6.45) is 0. The maximum absolute atomic E-state index is 12.3. The van der Waals surface area contributed by atoms with E-state index in [9.17, 15) is 9.59 Å². The molecule has 0 atom stereocenters. The van der Waals surface area contributed by atoms with Gasteiger partial charge < -0.3 is 14.4 Å². The number of anilines is 1. The third kappa shape index (κ3) is 2.24. The van der Waals surface area contributed by atoms with Crippen LogP contribution in [-0.4, -0.2) is 18.5 Å². The molecule has 0 aromatic heterocycles. The summed E-state index contributed by atoms with van der Waals surface area (Å²) in [5.41, 5.74) is 1.50. The van der Waals surface area contributed by atoms with Crippen LogP contribution in [0.15, 0.2) is 30.3 Å². The van der Waals surface area contributed by atoms with Crippen LogP contribution < -0.4 is 14.4 Å². The number of ether oxygens (including phenoxy) is 2. The number of carbonyl (C=O) groups excluding carboxylic acids is 2. The van der Waals surface area contributed by atoms with Gasteiger partial charge in [-0.05, 0) is 29.8 Å². The third-order valence-electron chi connectivity index (χ3n) is 3.80. The molecule has 0 saturated heterocycles. The zero-order valence-corrected chi connectivity index (χ0v) is 13.1. The summed E-state index contributed by atoms with van der Waals surface area (Å²) in [6.45, 7) is 0.298. The van der Waals surface area contributed by atoms with E-state index in [1.54, 1.807) is 24.3 Å². The number of carbonyl (C=O) groups is 2. The highest BCUT2D eigenvalue weighted by atomic mass is 35.5. The first-order valence-corrected chi connectivity index (χ1v) is 7.54. The van der Waals surface area contributed by atoms with Crippen molar-refractivity contribution in [1.29, 1.82) is 0 Å². The zero-order chi connectivity index (χ0) is 16.1. The Hall–Kier alpha value is -2.24. The monoisotopic (exact) mass is 349 g/mol. The predicted molar refractivity (Wildman–Crippen MR) is 84.5 cm³/mol. The van der Waals surface area contributed by atoms with Crippen molar-refractivity contribution in [2.24, 2.45) is 0 Å². The summed E-state index contributed by atoms with van der Waals surface area (Å²) in [7, 11) is 0. The number of Topliss-reactive ketones (excluding diaryl/α,β-unsaturated/α-hetero) is 1. The van der Waals surface area contributed by atoms with Gasteiger partial charge in [0.25, 0.3) is 11.7 Å². The van der Waals surface area contributed by atoms with E-state index < -0.39 is 11.7 Å². The van der Waals surface area contributed by atoms with Crippen LogP contribution in [-0.2, 0) is 11.3 Å². The molecule has 5 nitrogen and oxygen atoms in total. The number of benzene rings is 2. The van der Waals surface area contributed by atoms with Crippen molar-refractivity contribution in [3.8, 4) is 11.5 Å². The molecule has 2 aliphatic heterocycles. The Morgan fingerprint density at radius 1 is 1.04 bits per heavy atom. The summed E-state index contributed by atoms with van der Waals surface area (Å²) in [6, 6.07) is 8.15. The van der Waals surface area contributed by atoms with Crippen LogP contribution in [0.1, 0.15) is 15.9 Å². The number of fused-ring (bicyclic) bond motifs is 2. The molecule has 0 fully saturated rings. The smallest absolute Gasteiger partial charge is 0.299 e. The Morgan fingerprint density at radius 2 is 1.78 bits per heavy atom. The summed E-state index contributed by atoms with van der Waals surface area (Å²) in [5, 5.41) is 0.852. The molecule has 1 amide bonds. The highest BCUT2D eigenvalue weighted by Gasteiger charge is 2.36. The Morgan fingerprint density at radius 3 is 2.57 bits per heavy atom. The predicted octanol–water partition coefficient (Wildman–Crippen LogP) is 3.45. The van der Waals surface area contributed by atoms with Crippen molar-refractivity contribution in [2.45, 2.75) is 6.54 Å². The molecule has 4 rings (SSSR count). The Kier molecular flexibility index (Phi) is 3.21. The van der Waals surface area contributed by atoms with Crippen molar-refractivity contribution < 1.29 is 19.1 Å². The van der Waals surface area contributed by atoms with E-state index in [0.29, 0.717) is 38.4 Å².